The lowest BCUT2D eigenvalue weighted by atomic mass is 10.1. The van der Waals surface area contributed by atoms with Crippen molar-refractivity contribution >= 4 is 27.3 Å². The Hall–Kier alpha value is -1.70. The molecule has 0 saturated heterocycles. The number of amides is 1. The predicted octanol–water partition coefficient (Wildman–Crippen LogP) is 3.03. The minimum Gasteiger partial charge on any atom is -0.350 e. The molecular formula is C17H22N2O3S2. The van der Waals surface area contributed by atoms with Crippen LogP contribution in [0.15, 0.2) is 52.1 Å². The molecule has 2 aromatic rings. The summed E-state index contributed by atoms with van der Waals surface area (Å²) in [6.45, 7) is 2.24. The molecular weight excluding hydrogens is 344 g/mol. The maximum Gasteiger partial charge on any atom is 0.252 e. The Morgan fingerprint density at radius 3 is 2.54 bits per heavy atom. The molecule has 1 aromatic heterocycles. The highest BCUT2D eigenvalue weighted by molar-refractivity contribution is 7.91. The first-order chi connectivity index (χ1) is 11.4. The number of thiophene rings is 1. The molecule has 24 heavy (non-hydrogen) atoms. The van der Waals surface area contributed by atoms with E-state index in [1.165, 1.54) is 15.6 Å². The van der Waals surface area contributed by atoms with E-state index in [1.54, 1.807) is 24.6 Å². The molecule has 0 saturated carbocycles. The molecule has 2 rings (SSSR count). The van der Waals surface area contributed by atoms with Crippen molar-refractivity contribution in [3.05, 3.63) is 53.4 Å². The summed E-state index contributed by atoms with van der Waals surface area (Å²) in [5.74, 6) is -0.0757. The van der Waals surface area contributed by atoms with Crippen LogP contribution in [0.4, 0.5) is 0 Å². The van der Waals surface area contributed by atoms with E-state index in [4.69, 9.17) is 0 Å². The van der Waals surface area contributed by atoms with Crippen LogP contribution < -0.4 is 5.32 Å². The van der Waals surface area contributed by atoms with Gasteiger partial charge in [0.2, 0.25) is 5.91 Å². The second kappa shape index (κ2) is 8.41. The quantitative estimate of drug-likeness (QED) is 0.781. The first-order valence-corrected chi connectivity index (χ1v) is 10.1. The van der Waals surface area contributed by atoms with Crippen LogP contribution in [0.3, 0.4) is 0 Å². The molecule has 0 aliphatic heterocycles. The largest absolute Gasteiger partial charge is 0.350 e. The van der Waals surface area contributed by atoms with Gasteiger partial charge in [-0.3, -0.25) is 4.79 Å². The summed E-state index contributed by atoms with van der Waals surface area (Å²) in [6, 6.07) is 13.0. The molecule has 0 radical (unpaired) electrons. The first kappa shape index (κ1) is 18.6. The van der Waals surface area contributed by atoms with Crippen LogP contribution in [0, 0.1) is 0 Å². The van der Waals surface area contributed by atoms with Crippen LogP contribution in [-0.4, -0.2) is 32.2 Å². The topological polar surface area (TPSA) is 66.5 Å². The van der Waals surface area contributed by atoms with Gasteiger partial charge >= 0.3 is 0 Å². The monoisotopic (exact) mass is 366 g/mol. The Kier molecular flexibility index (Phi) is 6.53. The average Bonchev–Trinajstić information content (AvgIpc) is 3.10. The number of rotatable bonds is 8. The van der Waals surface area contributed by atoms with Crippen molar-refractivity contribution < 1.29 is 13.2 Å². The van der Waals surface area contributed by atoms with Gasteiger partial charge in [0.25, 0.3) is 10.0 Å². The minimum atomic E-state index is -3.44. The van der Waals surface area contributed by atoms with Crippen LogP contribution in [-0.2, 0) is 14.8 Å². The molecule has 1 N–H and O–H groups in total. The van der Waals surface area contributed by atoms with Gasteiger partial charge in [-0.25, -0.2) is 12.7 Å². The average molecular weight is 367 g/mol. The summed E-state index contributed by atoms with van der Waals surface area (Å²) in [5.41, 5.74) is 1.04. The van der Waals surface area contributed by atoms with E-state index in [2.05, 4.69) is 5.32 Å². The van der Waals surface area contributed by atoms with Crippen molar-refractivity contribution in [3.63, 3.8) is 0 Å². The Bertz CT molecular complexity index is 743. The number of nitrogens with one attached hydrogen (secondary N) is 1. The fourth-order valence-corrected chi connectivity index (χ4v) is 4.70. The highest BCUT2D eigenvalue weighted by Gasteiger charge is 2.21. The standard InChI is InChI=1S/C17H22N2O3S2/c1-14(15-8-4-3-5-9-15)18-16(20)10-6-12-19(2)24(21,22)17-11-7-13-23-17/h3-5,7-9,11,13-14H,6,10,12H2,1-2H3,(H,18,20). The lowest BCUT2D eigenvalue weighted by Gasteiger charge is -2.17. The molecule has 5 nitrogen and oxygen atoms in total. The van der Waals surface area contributed by atoms with Gasteiger partial charge < -0.3 is 5.32 Å². The highest BCUT2D eigenvalue weighted by atomic mass is 32.2. The van der Waals surface area contributed by atoms with Crippen LogP contribution in [0.2, 0.25) is 0 Å². The molecule has 1 heterocycles. The summed E-state index contributed by atoms with van der Waals surface area (Å²) in [7, 11) is -1.90. The van der Waals surface area contributed by atoms with E-state index in [1.807, 2.05) is 37.3 Å². The molecule has 0 bridgehead atoms. The third-order valence-corrected chi connectivity index (χ3v) is 6.94. The first-order valence-electron chi connectivity index (χ1n) is 7.75. The second-order valence-electron chi connectivity index (χ2n) is 5.56. The maximum atomic E-state index is 12.3. The second-order valence-corrected chi connectivity index (χ2v) is 8.78. The Balaban J connectivity index is 1.78. The zero-order valence-corrected chi connectivity index (χ0v) is 15.4. The SMILES string of the molecule is CC(NC(=O)CCCN(C)S(=O)(=O)c1cccs1)c1ccccc1. The van der Waals surface area contributed by atoms with Crippen molar-refractivity contribution in [2.75, 3.05) is 13.6 Å². The van der Waals surface area contributed by atoms with Crippen molar-refractivity contribution in [1.82, 2.24) is 9.62 Å². The van der Waals surface area contributed by atoms with Crippen LogP contribution in [0.5, 0.6) is 0 Å². The van der Waals surface area contributed by atoms with Crippen LogP contribution in [0.25, 0.3) is 0 Å². The van der Waals surface area contributed by atoms with Crippen molar-refractivity contribution in [3.8, 4) is 0 Å². The van der Waals surface area contributed by atoms with Crippen molar-refractivity contribution in [2.45, 2.75) is 30.0 Å². The molecule has 0 aliphatic rings. The molecule has 0 fully saturated rings. The van der Waals surface area contributed by atoms with E-state index in [0.29, 0.717) is 23.6 Å². The number of nitrogens with zero attached hydrogens (tertiary/aromatic N) is 1. The van der Waals surface area contributed by atoms with Crippen LogP contribution in [0.1, 0.15) is 31.4 Å². The smallest absolute Gasteiger partial charge is 0.252 e. The molecule has 1 aromatic carbocycles. The predicted molar refractivity (Wildman–Crippen MR) is 96.4 cm³/mol. The molecule has 0 aliphatic carbocycles. The number of carbonyl (C=O) groups excluding carboxylic acids is 1. The zero-order valence-electron chi connectivity index (χ0n) is 13.8. The lowest BCUT2D eigenvalue weighted by Crippen LogP contribution is -2.30. The number of carbonyl (C=O) groups is 1. The van der Waals surface area contributed by atoms with Gasteiger partial charge in [0, 0.05) is 20.0 Å². The fourth-order valence-electron chi connectivity index (χ4n) is 2.29. The van der Waals surface area contributed by atoms with Gasteiger partial charge in [-0.05, 0) is 30.4 Å². The molecule has 0 spiro atoms. The number of benzene rings is 1. The number of hydrogen-bond donors (Lipinski definition) is 1. The van der Waals surface area contributed by atoms with Gasteiger partial charge in [0.05, 0.1) is 6.04 Å². The van der Waals surface area contributed by atoms with E-state index in [-0.39, 0.29) is 11.9 Å². The zero-order chi connectivity index (χ0) is 17.6. The minimum absolute atomic E-state index is 0.0636. The number of sulfonamides is 1. The van der Waals surface area contributed by atoms with E-state index in [9.17, 15) is 13.2 Å². The van der Waals surface area contributed by atoms with Gasteiger partial charge in [0.1, 0.15) is 4.21 Å². The Morgan fingerprint density at radius 1 is 1.21 bits per heavy atom. The third kappa shape index (κ3) is 4.90. The summed E-state index contributed by atoms with van der Waals surface area (Å²) in [6.07, 6.45) is 0.774. The summed E-state index contributed by atoms with van der Waals surface area (Å²) < 4.78 is 26.2. The molecule has 7 heteroatoms. The van der Waals surface area contributed by atoms with Crippen molar-refractivity contribution in [2.24, 2.45) is 0 Å². The summed E-state index contributed by atoms with van der Waals surface area (Å²) >= 11 is 1.20. The summed E-state index contributed by atoms with van der Waals surface area (Å²) in [4.78, 5) is 12.0. The van der Waals surface area contributed by atoms with E-state index >= 15 is 0 Å². The van der Waals surface area contributed by atoms with Crippen LogP contribution >= 0.6 is 11.3 Å². The molecule has 1 amide bonds. The van der Waals surface area contributed by atoms with Gasteiger partial charge in [-0.1, -0.05) is 36.4 Å². The molecule has 1 unspecified atom stereocenters. The molecule has 130 valence electrons. The third-order valence-electron chi connectivity index (χ3n) is 3.71. The normalized spacial score (nSPS) is 13.0. The van der Waals surface area contributed by atoms with Gasteiger partial charge in [-0.2, -0.15) is 0 Å². The van der Waals surface area contributed by atoms with E-state index in [0.717, 1.165) is 5.56 Å². The van der Waals surface area contributed by atoms with Gasteiger partial charge in [0.15, 0.2) is 0 Å². The molecule has 1 atom stereocenters. The van der Waals surface area contributed by atoms with Crippen molar-refractivity contribution in [1.29, 1.82) is 0 Å². The van der Waals surface area contributed by atoms with Gasteiger partial charge in [-0.15, -0.1) is 11.3 Å². The summed E-state index contributed by atoms with van der Waals surface area (Å²) in [5, 5.41) is 4.67. The highest BCUT2D eigenvalue weighted by Crippen LogP contribution is 2.20. The maximum absolute atomic E-state index is 12.3. The fraction of sp³-hybridized carbons (Fsp3) is 0.353. The van der Waals surface area contributed by atoms with E-state index < -0.39 is 10.0 Å². The Morgan fingerprint density at radius 2 is 1.92 bits per heavy atom. The number of hydrogen-bond acceptors (Lipinski definition) is 4. The Labute approximate surface area is 147 Å². The lowest BCUT2D eigenvalue weighted by molar-refractivity contribution is -0.121.